The summed E-state index contributed by atoms with van der Waals surface area (Å²) >= 11 is 0. The molecule has 3 rings (SSSR count). The summed E-state index contributed by atoms with van der Waals surface area (Å²) < 4.78 is 5.26. The molecule has 1 unspecified atom stereocenters. The molecule has 0 radical (unpaired) electrons. The molecule has 2 heterocycles. The number of nitrogens with one attached hydrogen (secondary N) is 2. The monoisotopic (exact) mass is 329 g/mol. The third kappa shape index (κ3) is 3.48. The van der Waals surface area contributed by atoms with E-state index in [0.29, 0.717) is 0 Å². The number of hydrogen-bond donors (Lipinski definition) is 2. The van der Waals surface area contributed by atoms with E-state index in [4.69, 9.17) is 4.74 Å². The Bertz CT molecular complexity index is 680. The zero-order chi connectivity index (χ0) is 17.3. The second-order valence-corrected chi connectivity index (χ2v) is 7.23. The summed E-state index contributed by atoms with van der Waals surface area (Å²) in [7, 11) is 0. The zero-order valence-electron chi connectivity index (χ0n) is 14.3. The lowest BCUT2D eigenvalue weighted by Gasteiger charge is -2.20. The number of ketones is 1. The van der Waals surface area contributed by atoms with Gasteiger partial charge in [0.25, 0.3) is 0 Å². The van der Waals surface area contributed by atoms with Crippen LogP contribution in [0.2, 0.25) is 0 Å². The Morgan fingerprint density at radius 1 is 1.42 bits per heavy atom. The summed E-state index contributed by atoms with van der Waals surface area (Å²) in [4.78, 5) is 24.4. The van der Waals surface area contributed by atoms with Crippen molar-refractivity contribution in [3.63, 3.8) is 0 Å². The van der Waals surface area contributed by atoms with Gasteiger partial charge in [-0.05, 0) is 62.6 Å². The molecule has 0 spiro atoms. The van der Waals surface area contributed by atoms with Crippen LogP contribution in [0.25, 0.3) is 0 Å². The molecule has 128 valence electrons. The molecule has 0 saturated carbocycles. The molecule has 0 bridgehead atoms. The number of piperidine rings is 1. The molecule has 1 aliphatic carbocycles. The van der Waals surface area contributed by atoms with Gasteiger partial charge in [0.15, 0.2) is 5.78 Å². The number of nitrogens with zero attached hydrogens (tertiary/aromatic N) is 1. The minimum Gasteiger partial charge on any atom is -0.457 e. The van der Waals surface area contributed by atoms with E-state index in [0.717, 1.165) is 36.2 Å². The number of Topliss-reactive ketones (excluding diaryl/α,β-unsaturated/α-hetero) is 1. The number of allylic oxidation sites excluding steroid dienone is 2. The van der Waals surface area contributed by atoms with E-state index >= 15 is 0 Å². The maximum atomic E-state index is 12.5. The molecule has 1 saturated heterocycles. The Morgan fingerprint density at radius 2 is 2.21 bits per heavy atom. The van der Waals surface area contributed by atoms with E-state index in [-0.39, 0.29) is 17.7 Å². The second kappa shape index (κ2) is 6.36. The smallest absolute Gasteiger partial charge is 0.331 e. The largest absolute Gasteiger partial charge is 0.457 e. The highest BCUT2D eigenvalue weighted by molar-refractivity contribution is 5.98. The number of carbonyl (C=O) groups excluding carboxylic acids is 2. The third-order valence-electron chi connectivity index (χ3n) is 4.21. The van der Waals surface area contributed by atoms with Crippen molar-refractivity contribution >= 4 is 18.0 Å². The first-order valence-electron chi connectivity index (χ1n) is 8.24. The van der Waals surface area contributed by atoms with Gasteiger partial charge < -0.3 is 10.1 Å². The Balaban J connectivity index is 1.83. The zero-order valence-corrected chi connectivity index (χ0v) is 14.3. The first-order valence-corrected chi connectivity index (χ1v) is 8.24. The van der Waals surface area contributed by atoms with Gasteiger partial charge in [0.2, 0.25) is 0 Å². The molecule has 3 aliphatic rings. The highest BCUT2D eigenvalue weighted by Crippen LogP contribution is 2.35. The van der Waals surface area contributed by atoms with E-state index in [2.05, 4.69) is 15.8 Å². The predicted molar refractivity (Wildman–Crippen MR) is 91.5 cm³/mol. The molecule has 0 amide bonds. The topological polar surface area (TPSA) is 79.8 Å². The van der Waals surface area contributed by atoms with Gasteiger partial charge >= 0.3 is 5.97 Å². The van der Waals surface area contributed by atoms with Gasteiger partial charge in [-0.25, -0.2) is 4.79 Å². The molecule has 24 heavy (non-hydrogen) atoms. The Morgan fingerprint density at radius 3 is 2.96 bits per heavy atom. The molecule has 0 aromatic carbocycles. The molecule has 6 heteroatoms. The summed E-state index contributed by atoms with van der Waals surface area (Å²) in [5, 5.41) is 7.45. The van der Waals surface area contributed by atoms with Gasteiger partial charge in [-0.15, -0.1) is 0 Å². The molecule has 2 atom stereocenters. The van der Waals surface area contributed by atoms with E-state index < -0.39 is 11.6 Å². The maximum Gasteiger partial charge on any atom is 0.331 e. The summed E-state index contributed by atoms with van der Waals surface area (Å²) in [6, 6.07) is -0.381. The first kappa shape index (κ1) is 16.6. The van der Waals surface area contributed by atoms with Crippen LogP contribution in [0.5, 0.6) is 0 Å². The van der Waals surface area contributed by atoms with Crippen LogP contribution >= 0.6 is 0 Å². The lowest BCUT2D eigenvalue weighted by atomic mass is 9.93. The van der Waals surface area contributed by atoms with Crippen LogP contribution in [-0.2, 0) is 14.3 Å². The van der Waals surface area contributed by atoms with Crippen LogP contribution in [0.15, 0.2) is 40.0 Å². The number of esters is 1. The van der Waals surface area contributed by atoms with Crippen molar-refractivity contribution in [1.29, 1.82) is 0 Å². The van der Waals surface area contributed by atoms with E-state index in [1.54, 1.807) is 12.3 Å². The fourth-order valence-corrected chi connectivity index (χ4v) is 3.23. The summed E-state index contributed by atoms with van der Waals surface area (Å²) in [6.45, 7) is 7.06. The molecule has 0 aromatic heterocycles. The average molecular weight is 329 g/mol. The fraction of sp³-hybridized carbons (Fsp3) is 0.500. The SMILES string of the molecule is CC(C)(C)OC(=O)/C=C/C1=CC2=C3CNCCC3C(=O)[C@H]2NN=C1. The van der Waals surface area contributed by atoms with Crippen molar-refractivity contribution in [2.75, 3.05) is 13.1 Å². The Hall–Kier alpha value is -2.21. The second-order valence-electron chi connectivity index (χ2n) is 7.23. The molecule has 2 aliphatic heterocycles. The van der Waals surface area contributed by atoms with E-state index in [1.807, 2.05) is 26.8 Å². The Labute approximate surface area is 141 Å². The van der Waals surface area contributed by atoms with E-state index in [1.165, 1.54) is 6.08 Å². The molecule has 1 fully saturated rings. The van der Waals surface area contributed by atoms with Crippen molar-refractivity contribution < 1.29 is 14.3 Å². The average Bonchev–Trinajstić information content (AvgIpc) is 2.67. The van der Waals surface area contributed by atoms with Gasteiger partial charge in [-0.1, -0.05) is 0 Å². The van der Waals surface area contributed by atoms with Gasteiger partial charge in [-0.2, -0.15) is 5.10 Å². The maximum absolute atomic E-state index is 12.5. The lowest BCUT2D eigenvalue weighted by Crippen LogP contribution is -2.36. The van der Waals surface area contributed by atoms with Crippen LogP contribution in [0.3, 0.4) is 0 Å². The number of hydrogen-bond acceptors (Lipinski definition) is 6. The van der Waals surface area contributed by atoms with Crippen LogP contribution in [0.4, 0.5) is 0 Å². The number of rotatable bonds is 2. The predicted octanol–water partition coefficient (Wildman–Crippen LogP) is 1.26. The number of fused-ring (bicyclic) bond motifs is 2. The molecular weight excluding hydrogens is 306 g/mol. The highest BCUT2D eigenvalue weighted by Gasteiger charge is 2.41. The first-order chi connectivity index (χ1) is 11.3. The fourth-order valence-electron chi connectivity index (χ4n) is 3.23. The van der Waals surface area contributed by atoms with Crippen molar-refractivity contribution in [2.45, 2.75) is 38.8 Å². The summed E-state index contributed by atoms with van der Waals surface area (Å²) in [5.41, 5.74) is 5.28. The van der Waals surface area contributed by atoms with Crippen molar-refractivity contribution in [3.05, 3.63) is 34.9 Å². The number of hydrazone groups is 1. The standard InChI is InChI=1S/C18H23N3O3/c1-18(2,3)24-15(22)5-4-11-8-13-14-10-19-7-6-12(14)17(23)16(13)21-20-9-11/h4-5,8-9,12,16,19,21H,6-7,10H2,1-3H3/b5-4+/t12?,16-/m0/s1. The van der Waals surface area contributed by atoms with Crippen molar-refractivity contribution in [2.24, 2.45) is 11.0 Å². The van der Waals surface area contributed by atoms with Crippen LogP contribution in [0, 0.1) is 5.92 Å². The molecular formula is C18H23N3O3. The van der Waals surface area contributed by atoms with Crippen LogP contribution < -0.4 is 10.7 Å². The van der Waals surface area contributed by atoms with Gasteiger partial charge in [-0.3, -0.25) is 10.2 Å². The third-order valence-corrected chi connectivity index (χ3v) is 4.21. The quantitative estimate of drug-likeness (QED) is 0.589. The van der Waals surface area contributed by atoms with Crippen molar-refractivity contribution in [1.82, 2.24) is 10.7 Å². The summed E-state index contributed by atoms with van der Waals surface area (Å²) in [5.74, 6) is -0.227. The van der Waals surface area contributed by atoms with Gasteiger partial charge in [0.05, 0.1) is 6.21 Å². The lowest BCUT2D eigenvalue weighted by molar-refractivity contribution is -0.148. The molecule has 0 aromatic rings. The number of carbonyl (C=O) groups is 2. The van der Waals surface area contributed by atoms with Crippen LogP contribution in [0.1, 0.15) is 27.2 Å². The van der Waals surface area contributed by atoms with Crippen molar-refractivity contribution in [3.8, 4) is 0 Å². The van der Waals surface area contributed by atoms with Gasteiger partial charge in [0, 0.05) is 18.5 Å². The minimum absolute atomic E-state index is 0.0145. The molecule has 2 N–H and O–H groups in total. The number of ether oxygens (including phenoxy) is 1. The minimum atomic E-state index is -0.524. The van der Waals surface area contributed by atoms with E-state index in [9.17, 15) is 9.59 Å². The van der Waals surface area contributed by atoms with Crippen LogP contribution in [-0.4, -0.2) is 42.7 Å². The highest BCUT2D eigenvalue weighted by atomic mass is 16.6. The van der Waals surface area contributed by atoms with Gasteiger partial charge in [0.1, 0.15) is 11.6 Å². The normalized spacial score (nSPS) is 26.6. The summed E-state index contributed by atoms with van der Waals surface area (Å²) in [6.07, 6.45) is 7.45. The molecule has 6 nitrogen and oxygen atoms in total. The Kier molecular flexibility index (Phi) is 4.41.